The van der Waals surface area contributed by atoms with E-state index in [9.17, 15) is 18.0 Å². The minimum atomic E-state index is -3.54. The van der Waals surface area contributed by atoms with E-state index in [2.05, 4.69) is 10.1 Å². The molecule has 138 valence electrons. The van der Waals surface area contributed by atoms with Gasteiger partial charge in [-0.1, -0.05) is 17.7 Å². The maximum absolute atomic E-state index is 12.6. The quantitative estimate of drug-likeness (QED) is 0.785. The Morgan fingerprint density at radius 3 is 2.28 bits per heavy atom. The molecule has 1 heterocycles. The SMILES string of the molecule is COC(=O)[C@@H](C)NC(=O)C1CCN(S(=O)(=O)c2ccc(C)cc2)CC1. The van der Waals surface area contributed by atoms with Crippen molar-refractivity contribution >= 4 is 21.9 Å². The molecule has 0 unspecified atom stereocenters. The molecule has 1 aliphatic rings. The molecule has 1 fully saturated rings. The minimum absolute atomic E-state index is 0.245. The number of methoxy groups -OCH3 is 1. The van der Waals surface area contributed by atoms with Crippen LogP contribution in [0.25, 0.3) is 0 Å². The fourth-order valence-corrected chi connectivity index (χ4v) is 4.25. The fourth-order valence-electron chi connectivity index (χ4n) is 2.78. The Bertz CT molecular complexity index is 722. The molecule has 0 aromatic heterocycles. The third-order valence-electron chi connectivity index (χ3n) is 4.40. The van der Waals surface area contributed by atoms with Gasteiger partial charge in [-0.15, -0.1) is 0 Å². The topological polar surface area (TPSA) is 92.8 Å². The van der Waals surface area contributed by atoms with E-state index >= 15 is 0 Å². The Balaban J connectivity index is 1.96. The first kappa shape index (κ1) is 19.4. The molecule has 1 amide bonds. The Morgan fingerprint density at radius 1 is 1.20 bits per heavy atom. The predicted molar refractivity (Wildman–Crippen MR) is 92.3 cm³/mol. The minimum Gasteiger partial charge on any atom is -0.467 e. The highest BCUT2D eigenvalue weighted by atomic mass is 32.2. The molecular weight excluding hydrogens is 344 g/mol. The summed E-state index contributed by atoms with van der Waals surface area (Å²) in [5, 5.41) is 2.61. The number of sulfonamides is 1. The zero-order chi connectivity index (χ0) is 18.6. The lowest BCUT2D eigenvalue weighted by molar-refractivity contribution is -0.145. The van der Waals surface area contributed by atoms with E-state index in [0.29, 0.717) is 12.8 Å². The lowest BCUT2D eigenvalue weighted by Crippen LogP contribution is -2.46. The number of amides is 1. The summed E-state index contributed by atoms with van der Waals surface area (Å²) in [6, 6.07) is 6.01. The standard InChI is InChI=1S/C17H24N2O5S/c1-12-4-6-15(7-5-12)25(22,23)19-10-8-14(9-11-19)16(20)18-13(2)17(21)24-3/h4-7,13-14H,8-11H2,1-3H3,(H,18,20)/t13-/m1/s1. The molecule has 8 heteroatoms. The highest BCUT2D eigenvalue weighted by Crippen LogP contribution is 2.24. The van der Waals surface area contributed by atoms with Crippen LogP contribution in [0.15, 0.2) is 29.2 Å². The van der Waals surface area contributed by atoms with Gasteiger partial charge >= 0.3 is 5.97 Å². The Morgan fingerprint density at radius 2 is 1.76 bits per heavy atom. The number of hydrogen-bond acceptors (Lipinski definition) is 5. The highest BCUT2D eigenvalue weighted by Gasteiger charge is 2.32. The molecule has 7 nitrogen and oxygen atoms in total. The van der Waals surface area contributed by atoms with Crippen molar-refractivity contribution in [1.29, 1.82) is 0 Å². The zero-order valence-electron chi connectivity index (χ0n) is 14.7. The van der Waals surface area contributed by atoms with Gasteiger partial charge in [0, 0.05) is 19.0 Å². The van der Waals surface area contributed by atoms with Gasteiger partial charge in [0.2, 0.25) is 15.9 Å². The van der Waals surface area contributed by atoms with Gasteiger partial charge in [-0.05, 0) is 38.8 Å². The first-order chi connectivity index (χ1) is 11.8. The second kappa shape index (κ2) is 7.97. The van der Waals surface area contributed by atoms with Crippen molar-refractivity contribution in [1.82, 2.24) is 9.62 Å². The summed E-state index contributed by atoms with van der Waals surface area (Å²) in [6.07, 6.45) is 0.843. The summed E-state index contributed by atoms with van der Waals surface area (Å²) in [5.74, 6) is -1.06. The zero-order valence-corrected chi connectivity index (χ0v) is 15.5. The number of rotatable bonds is 5. The average Bonchev–Trinajstić information content (AvgIpc) is 2.61. The molecule has 2 rings (SSSR count). The molecule has 1 aromatic rings. The second-order valence-corrected chi connectivity index (χ2v) is 8.18. The lowest BCUT2D eigenvalue weighted by atomic mass is 9.97. The number of aryl methyl sites for hydroxylation is 1. The number of piperidine rings is 1. The van der Waals surface area contributed by atoms with Crippen molar-refractivity contribution in [2.75, 3.05) is 20.2 Å². The Kier molecular flexibility index (Phi) is 6.18. The van der Waals surface area contributed by atoms with Gasteiger partial charge in [0.05, 0.1) is 12.0 Å². The van der Waals surface area contributed by atoms with Gasteiger partial charge in [-0.25, -0.2) is 13.2 Å². The smallest absolute Gasteiger partial charge is 0.328 e. The predicted octanol–water partition coefficient (Wildman–Crippen LogP) is 1.07. The largest absolute Gasteiger partial charge is 0.467 e. The first-order valence-electron chi connectivity index (χ1n) is 8.20. The van der Waals surface area contributed by atoms with Crippen LogP contribution < -0.4 is 5.32 Å². The number of esters is 1. The van der Waals surface area contributed by atoms with Crippen LogP contribution in [-0.4, -0.2) is 50.8 Å². The molecule has 25 heavy (non-hydrogen) atoms. The second-order valence-electron chi connectivity index (χ2n) is 6.24. The summed E-state index contributed by atoms with van der Waals surface area (Å²) >= 11 is 0. The lowest BCUT2D eigenvalue weighted by Gasteiger charge is -2.31. The number of ether oxygens (including phenoxy) is 1. The summed E-state index contributed by atoms with van der Waals surface area (Å²) in [4.78, 5) is 23.8. The van der Waals surface area contributed by atoms with Crippen molar-refractivity contribution in [2.45, 2.75) is 37.6 Å². The van der Waals surface area contributed by atoms with Gasteiger partial charge in [0.15, 0.2) is 0 Å². The van der Waals surface area contributed by atoms with Crippen LogP contribution in [0.4, 0.5) is 0 Å². The molecule has 1 saturated heterocycles. The maximum Gasteiger partial charge on any atom is 0.328 e. The van der Waals surface area contributed by atoms with Crippen molar-refractivity contribution < 1.29 is 22.7 Å². The molecule has 1 N–H and O–H groups in total. The van der Waals surface area contributed by atoms with Crippen molar-refractivity contribution in [3.63, 3.8) is 0 Å². The molecule has 0 saturated carbocycles. The molecule has 1 aliphatic heterocycles. The molecule has 0 radical (unpaired) electrons. The Hall–Kier alpha value is -1.93. The summed E-state index contributed by atoms with van der Waals surface area (Å²) in [5.41, 5.74) is 0.994. The first-order valence-corrected chi connectivity index (χ1v) is 9.64. The molecule has 1 aromatic carbocycles. The molecule has 1 atom stereocenters. The van der Waals surface area contributed by atoms with Gasteiger partial charge in [-0.2, -0.15) is 4.31 Å². The number of benzene rings is 1. The number of nitrogens with one attached hydrogen (secondary N) is 1. The highest BCUT2D eigenvalue weighted by molar-refractivity contribution is 7.89. The van der Waals surface area contributed by atoms with Gasteiger partial charge < -0.3 is 10.1 Å². The number of carbonyl (C=O) groups excluding carboxylic acids is 2. The number of nitrogens with zero attached hydrogens (tertiary/aromatic N) is 1. The summed E-state index contributed by atoms with van der Waals surface area (Å²) < 4.78 is 31.3. The van der Waals surface area contributed by atoms with Crippen LogP contribution in [0.2, 0.25) is 0 Å². The van der Waals surface area contributed by atoms with E-state index in [1.54, 1.807) is 31.2 Å². The third-order valence-corrected chi connectivity index (χ3v) is 6.31. The number of carbonyl (C=O) groups is 2. The van der Waals surface area contributed by atoms with Crippen LogP contribution >= 0.6 is 0 Å². The average molecular weight is 368 g/mol. The maximum atomic E-state index is 12.6. The van der Waals surface area contributed by atoms with Crippen LogP contribution in [0, 0.1) is 12.8 Å². The van der Waals surface area contributed by atoms with Crippen molar-refractivity contribution in [3.8, 4) is 0 Å². The molecule has 0 spiro atoms. The summed E-state index contributed by atoms with van der Waals surface area (Å²) in [6.45, 7) is 4.01. The van der Waals surface area contributed by atoms with Gasteiger partial charge in [0.25, 0.3) is 0 Å². The van der Waals surface area contributed by atoms with E-state index < -0.39 is 22.0 Å². The fraction of sp³-hybridized carbons (Fsp3) is 0.529. The monoisotopic (exact) mass is 368 g/mol. The third kappa shape index (κ3) is 4.58. The van der Waals surface area contributed by atoms with Crippen LogP contribution in [0.3, 0.4) is 0 Å². The van der Waals surface area contributed by atoms with Crippen LogP contribution in [0.5, 0.6) is 0 Å². The van der Waals surface area contributed by atoms with Crippen LogP contribution in [-0.2, 0) is 24.3 Å². The van der Waals surface area contributed by atoms with Crippen molar-refractivity contribution in [2.24, 2.45) is 5.92 Å². The molecule has 0 aliphatic carbocycles. The normalized spacial score (nSPS) is 17.7. The van der Waals surface area contributed by atoms with Crippen LogP contribution in [0.1, 0.15) is 25.3 Å². The van der Waals surface area contributed by atoms with Crippen molar-refractivity contribution in [3.05, 3.63) is 29.8 Å². The number of hydrogen-bond donors (Lipinski definition) is 1. The van der Waals surface area contributed by atoms with E-state index in [0.717, 1.165) is 5.56 Å². The summed E-state index contributed by atoms with van der Waals surface area (Å²) in [7, 11) is -2.28. The molecule has 0 bridgehead atoms. The molecular formula is C17H24N2O5S. The van der Waals surface area contributed by atoms with E-state index in [-0.39, 0.29) is 29.8 Å². The van der Waals surface area contributed by atoms with E-state index in [4.69, 9.17) is 0 Å². The van der Waals surface area contributed by atoms with Gasteiger partial charge in [-0.3, -0.25) is 4.79 Å². The van der Waals surface area contributed by atoms with Gasteiger partial charge in [0.1, 0.15) is 6.04 Å². The van der Waals surface area contributed by atoms with E-state index in [1.807, 2.05) is 6.92 Å². The Labute approximate surface area is 148 Å². The van der Waals surface area contributed by atoms with E-state index in [1.165, 1.54) is 11.4 Å².